The highest BCUT2D eigenvalue weighted by Crippen LogP contribution is 2.21. The highest BCUT2D eigenvalue weighted by Gasteiger charge is 2.14. The summed E-state index contributed by atoms with van der Waals surface area (Å²) in [6.45, 7) is 6.75. The van der Waals surface area contributed by atoms with Gasteiger partial charge in [0, 0.05) is 28.6 Å². The molecule has 18 heavy (non-hydrogen) atoms. The highest BCUT2D eigenvalue weighted by molar-refractivity contribution is 9.10. The summed E-state index contributed by atoms with van der Waals surface area (Å²) in [6.07, 6.45) is 2.71. The molecule has 0 saturated carbocycles. The molecule has 0 aliphatic carbocycles. The number of halogens is 2. The van der Waals surface area contributed by atoms with E-state index in [9.17, 15) is 0 Å². The van der Waals surface area contributed by atoms with Gasteiger partial charge in [0.05, 0.1) is 0 Å². The zero-order valence-electron chi connectivity index (χ0n) is 10.8. The zero-order valence-corrected chi connectivity index (χ0v) is 13.1. The average Bonchev–Trinajstić information content (AvgIpc) is 2.83. The van der Waals surface area contributed by atoms with Gasteiger partial charge in [0.2, 0.25) is 0 Å². The number of likely N-dealkylation sites (tertiary alicyclic amines) is 1. The van der Waals surface area contributed by atoms with Gasteiger partial charge in [-0.3, -0.25) is 0 Å². The van der Waals surface area contributed by atoms with Crippen molar-refractivity contribution in [3.05, 3.63) is 33.3 Å². The summed E-state index contributed by atoms with van der Waals surface area (Å²) in [5, 5.41) is 4.36. The Morgan fingerprint density at radius 3 is 2.83 bits per heavy atom. The molecular formula is C14H20BrClN2. The summed E-state index contributed by atoms with van der Waals surface area (Å²) < 4.78 is 1.12. The molecule has 1 atom stereocenters. The van der Waals surface area contributed by atoms with Crippen LogP contribution in [0.5, 0.6) is 0 Å². The van der Waals surface area contributed by atoms with Crippen molar-refractivity contribution < 1.29 is 0 Å². The fourth-order valence-corrected chi connectivity index (χ4v) is 2.96. The van der Waals surface area contributed by atoms with Crippen LogP contribution in [0.3, 0.4) is 0 Å². The third-order valence-corrected chi connectivity index (χ3v) is 4.39. The molecule has 1 aromatic carbocycles. The molecule has 1 fully saturated rings. The molecule has 0 radical (unpaired) electrons. The van der Waals surface area contributed by atoms with Gasteiger partial charge in [0.1, 0.15) is 0 Å². The van der Waals surface area contributed by atoms with Crippen LogP contribution in [-0.2, 0) is 6.54 Å². The zero-order chi connectivity index (χ0) is 13.0. The predicted molar refractivity (Wildman–Crippen MR) is 81.1 cm³/mol. The molecule has 0 bridgehead atoms. The van der Waals surface area contributed by atoms with Gasteiger partial charge in [-0.1, -0.05) is 27.5 Å². The minimum Gasteiger partial charge on any atom is -0.309 e. The fourth-order valence-electron chi connectivity index (χ4n) is 2.38. The van der Waals surface area contributed by atoms with Gasteiger partial charge in [-0.2, -0.15) is 0 Å². The third kappa shape index (κ3) is 4.23. The standard InChI is InChI=1S/C14H20BrClN2/c1-11(10-18-6-2-3-7-18)17-9-12-8-13(16)4-5-14(12)15/h4-5,8,11,17H,2-3,6-7,9-10H2,1H3. The molecule has 0 amide bonds. The summed E-state index contributed by atoms with van der Waals surface area (Å²) in [6, 6.07) is 6.43. The predicted octanol–water partition coefficient (Wildman–Crippen LogP) is 3.68. The Balaban J connectivity index is 1.81. The Bertz CT molecular complexity index is 391. The molecule has 100 valence electrons. The number of nitrogens with one attached hydrogen (secondary N) is 1. The van der Waals surface area contributed by atoms with Gasteiger partial charge in [-0.15, -0.1) is 0 Å². The maximum atomic E-state index is 6.01. The van der Waals surface area contributed by atoms with Crippen LogP contribution in [0.1, 0.15) is 25.3 Å². The Morgan fingerprint density at radius 2 is 2.11 bits per heavy atom. The van der Waals surface area contributed by atoms with Crippen molar-refractivity contribution in [1.82, 2.24) is 10.2 Å². The molecule has 2 rings (SSSR count). The van der Waals surface area contributed by atoms with Crippen LogP contribution in [0, 0.1) is 0 Å². The Labute approximate surface area is 123 Å². The van der Waals surface area contributed by atoms with Gasteiger partial charge < -0.3 is 10.2 Å². The van der Waals surface area contributed by atoms with Gasteiger partial charge in [0.25, 0.3) is 0 Å². The van der Waals surface area contributed by atoms with Crippen molar-refractivity contribution in [1.29, 1.82) is 0 Å². The van der Waals surface area contributed by atoms with Crippen LogP contribution in [-0.4, -0.2) is 30.6 Å². The molecule has 0 spiro atoms. The first-order valence-corrected chi connectivity index (χ1v) is 7.72. The van der Waals surface area contributed by atoms with E-state index >= 15 is 0 Å². The van der Waals surface area contributed by atoms with Crippen LogP contribution in [0.25, 0.3) is 0 Å². The first kappa shape index (κ1) is 14.3. The molecule has 1 aromatic rings. The SMILES string of the molecule is CC(CN1CCCC1)NCc1cc(Cl)ccc1Br. The monoisotopic (exact) mass is 330 g/mol. The number of rotatable bonds is 5. The van der Waals surface area contributed by atoms with Gasteiger partial charge >= 0.3 is 0 Å². The van der Waals surface area contributed by atoms with Crippen molar-refractivity contribution in [2.24, 2.45) is 0 Å². The lowest BCUT2D eigenvalue weighted by Crippen LogP contribution is -2.37. The van der Waals surface area contributed by atoms with Crippen molar-refractivity contribution in [2.75, 3.05) is 19.6 Å². The second kappa shape index (κ2) is 6.90. The second-order valence-corrected chi connectivity index (χ2v) is 6.32. The molecule has 2 nitrogen and oxygen atoms in total. The topological polar surface area (TPSA) is 15.3 Å². The largest absolute Gasteiger partial charge is 0.309 e. The molecule has 4 heteroatoms. The lowest BCUT2D eigenvalue weighted by molar-refractivity contribution is 0.298. The quantitative estimate of drug-likeness (QED) is 0.885. The lowest BCUT2D eigenvalue weighted by Gasteiger charge is -2.21. The van der Waals surface area contributed by atoms with E-state index in [1.54, 1.807) is 0 Å². The van der Waals surface area contributed by atoms with Crippen LogP contribution in [0.15, 0.2) is 22.7 Å². The van der Waals surface area contributed by atoms with E-state index in [2.05, 4.69) is 33.1 Å². The van der Waals surface area contributed by atoms with Crippen LogP contribution in [0.2, 0.25) is 5.02 Å². The van der Waals surface area contributed by atoms with E-state index < -0.39 is 0 Å². The summed E-state index contributed by atoms with van der Waals surface area (Å²) in [7, 11) is 0. The van der Waals surface area contributed by atoms with Crippen LogP contribution >= 0.6 is 27.5 Å². The first-order chi connectivity index (χ1) is 8.65. The lowest BCUT2D eigenvalue weighted by atomic mass is 10.2. The van der Waals surface area contributed by atoms with Gasteiger partial charge in [-0.25, -0.2) is 0 Å². The molecule has 1 heterocycles. The van der Waals surface area contributed by atoms with E-state index in [-0.39, 0.29) is 0 Å². The molecule has 1 aliphatic rings. The summed E-state index contributed by atoms with van der Waals surface area (Å²) >= 11 is 9.57. The van der Waals surface area contributed by atoms with E-state index in [1.165, 1.54) is 31.5 Å². The number of hydrogen-bond acceptors (Lipinski definition) is 2. The summed E-state index contributed by atoms with van der Waals surface area (Å²) in [5.41, 5.74) is 1.22. The first-order valence-electron chi connectivity index (χ1n) is 6.55. The molecular weight excluding hydrogens is 312 g/mol. The van der Waals surface area contributed by atoms with Crippen molar-refractivity contribution in [3.8, 4) is 0 Å². The van der Waals surface area contributed by atoms with Crippen molar-refractivity contribution in [3.63, 3.8) is 0 Å². The molecule has 1 saturated heterocycles. The molecule has 1 N–H and O–H groups in total. The minimum atomic E-state index is 0.508. The minimum absolute atomic E-state index is 0.508. The van der Waals surface area contributed by atoms with Crippen LogP contribution in [0.4, 0.5) is 0 Å². The highest BCUT2D eigenvalue weighted by atomic mass is 79.9. The van der Waals surface area contributed by atoms with E-state index in [0.717, 1.165) is 22.6 Å². The normalized spacial score (nSPS) is 18.2. The Morgan fingerprint density at radius 1 is 1.39 bits per heavy atom. The number of nitrogens with zero attached hydrogens (tertiary/aromatic N) is 1. The van der Waals surface area contributed by atoms with Gasteiger partial charge in [0.15, 0.2) is 0 Å². The van der Waals surface area contributed by atoms with Gasteiger partial charge in [-0.05, 0) is 56.6 Å². The maximum absolute atomic E-state index is 6.01. The fraction of sp³-hybridized carbons (Fsp3) is 0.571. The molecule has 1 aliphatic heterocycles. The second-order valence-electron chi connectivity index (χ2n) is 5.03. The van der Waals surface area contributed by atoms with Crippen molar-refractivity contribution >= 4 is 27.5 Å². The van der Waals surface area contributed by atoms with E-state index in [0.29, 0.717) is 6.04 Å². The number of hydrogen-bond donors (Lipinski definition) is 1. The summed E-state index contributed by atoms with van der Waals surface area (Å²) in [5.74, 6) is 0. The number of benzene rings is 1. The van der Waals surface area contributed by atoms with Crippen molar-refractivity contribution in [2.45, 2.75) is 32.4 Å². The summed E-state index contributed by atoms with van der Waals surface area (Å²) in [4.78, 5) is 2.53. The smallest absolute Gasteiger partial charge is 0.0410 e. The Hall–Kier alpha value is -0.0900. The maximum Gasteiger partial charge on any atom is 0.0410 e. The van der Waals surface area contributed by atoms with E-state index in [4.69, 9.17) is 11.6 Å². The van der Waals surface area contributed by atoms with E-state index in [1.807, 2.05) is 18.2 Å². The average molecular weight is 332 g/mol. The third-order valence-electron chi connectivity index (χ3n) is 3.38. The molecule has 1 unspecified atom stereocenters. The Kier molecular flexibility index (Phi) is 5.49. The van der Waals surface area contributed by atoms with Crippen LogP contribution < -0.4 is 5.32 Å². The molecule has 0 aromatic heterocycles.